The zero-order chi connectivity index (χ0) is 16.7. The topological polar surface area (TPSA) is 62.5 Å². The first-order chi connectivity index (χ1) is 11.6. The van der Waals surface area contributed by atoms with Crippen molar-refractivity contribution < 1.29 is 4.79 Å². The summed E-state index contributed by atoms with van der Waals surface area (Å²) in [6.45, 7) is 5.75. The Morgan fingerprint density at radius 1 is 1.42 bits per heavy atom. The Morgan fingerprint density at radius 3 is 2.96 bits per heavy atom. The molecule has 2 fully saturated rings. The third-order valence-electron chi connectivity index (χ3n) is 5.71. The summed E-state index contributed by atoms with van der Waals surface area (Å²) < 4.78 is 1.80. The van der Waals surface area contributed by atoms with E-state index in [1.807, 2.05) is 25.3 Å². The molecule has 1 saturated carbocycles. The molecule has 0 spiro atoms. The van der Waals surface area contributed by atoms with Gasteiger partial charge in [-0.25, -0.2) is 9.50 Å². The molecule has 1 amide bonds. The Bertz CT molecular complexity index is 758. The van der Waals surface area contributed by atoms with Gasteiger partial charge in [-0.3, -0.25) is 4.79 Å². The van der Waals surface area contributed by atoms with E-state index in [9.17, 15) is 4.79 Å². The van der Waals surface area contributed by atoms with Crippen molar-refractivity contribution in [3.8, 4) is 0 Å². The fourth-order valence-electron chi connectivity index (χ4n) is 4.01. The number of rotatable bonds is 4. The van der Waals surface area contributed by atoms with E-state index < -0.39 is 0 Å². The number of carbonyl (C=O) groups is 1. The number of amides is 1. The SMILES string of the molecule is CCC1(C(=O)N2CCC(Nc3ccc4nc(C)cn4n3)C2)CCC1. The smallest absolute Gasteiger partial charge is 0.228 e. The fraction of sp³-hybridized carbons (Fsp3) is 0.611. The summed E-state index contributed by atoms with van der Waals surface area (Å²) in [7, 11) is 0. The maximum Gasteiger partial charge on any atom is 0.228 e. The summed E-state index contributed by atoms with van der Waals surface area (Å²) in [5.41, 5.74) is 1.76. The number of imidazole rings is 1. The number of likely N-dealkylation sites (tertiary alicyclic amines) is 1. The van der Waals surface area contributed by atoms with Crippen molar-refractivity contribution in [1.82, 2.24) is 19.5 Å². The molecule has 2 aromatic rings. The molecule has 2 aliphatic rings. The Hall–Kier alpha value is -2.11. The summed E-state index contributed by atoms with van der Waals surface area (Å²) in [6.07, 6.45) is 7.20. The van der Waals surface area contributed by atoms with Gasteiger partial charge in [0.15, 0.2) is 5.65 Å². The highest BCUT2D eigenvalue weighted by molar-refractivity contribution is 5.84. The van der Waals surface area contributed by atoms with Gasteiger partial charge >= 0.3 is 0 Å². The molecule has 0 aromatic carbocycles. The maximum atomic E-state index is 12.8. The molecule has 6 heteroatoms. The molecule has 24 heavy (non-hydrogen) atoms. The van der Waals surface area contributed by atoms with Gasteiger partial charge in [0.25, 0.3) is 0 Å². The van der Waals surface area contributed by atoms with Crippen LogP contribution in [0.1, 0.15) is 44.7 Å². The number of nitrogens with zero attached hydrogens (tertiary/aromatic N) is 4. The predicted molar refractivity (Wildman–Crippen MR) is 92.9 cm³/mol. The molecule has 1 unspecified atom stereocenters. The minimum Gasteiger partial charge on any atom is -0.364 e. The van der Waals surface area contributed by atoms with E-state index in [4.69, 9.17) is 0 Å². The first-order valence-corrected chi connectivity index (χ1v) is 8.99. The minimum absolute atomic E-state index is 0.0552. The van der Waals surface area contributed by atoms with Crippen LogP contribution >= 0.6 is 0 Å². The lowest BCUT2D eigenvalue weighted by Crippen LogP contribution is -2.47. The first-order valence-electron chi connectivity index (χ1n) is 8.99. The van der Waals surface area contributed by atoms with Crippen molar-refractivity contribution in [2.24, 2.45) is 5.41 Å². The van der Waals surface area contributed by atoms with E-state index in [0.29, 0.717) is 5.91 Å². The number of fused-ring (bicyclic) bond motifs is 1. The van der Waals surface area contributed by atoms with Crippen LogP contribution in [0.15, 0.2) is 18.3 Å². The molecule has 1 N–H and O–H groups in total. The van der Waals surface area contributed by atoms with E-state index in [2.05, 4.69) is 27.2 Å². The molecule has 4 rings (SSSR count). The van der Waals surface area contributed by atoms with Gasteiger partial charge in [0.05, 0.1) is 11.9 Å². The molecule has 1 atom stereocenters. The molecule has 128 valence electrons. The van der Waals surface area contributed by atoms with E-state index in [0.717, 1.165) is 55.9 Å². The first kappa shape index (κ1) is 15.4. The monoisotopic (exact) mass is 327 g/mol. The molecule has 0 bridgehead atoms. The van der Waals surface area contributed by atoms with E-state index in [1.54, 1.807) is 4.52 Å². The number of nitrogens with one attached hydrogen (secondary N) is 1. The summed E-state index contributed by atoms with van der Waals surface area (Å²) in [5.74, 6) is 1.21. The second-order valence-corrected chi connectivity index (χ2v) is 7.27. The third kappa shape index (κ3) is 2.54. The van der Waals surface area contributed by atoms with Crippen LogP contribution in [-0.4, -0.2) is 44.5 Å². The molecular formula is C18H25N5O. The van der Waals surface area contributed by atoms with Crippen molar-refractivity contribution in [3.63, 3.8) is 0 Å². The molecule has 2 aromatic heterocycles. The highest BCUT2D eigenvalue weighted by atomic mass is 16.2. The van der Waals surface area contributed by atoms with Crippen LogP contribution in [0.25, 0.3) is 5.65 Å². The van der Waals surface area contributed by atoms with Gasteiger partial charge in [-0.15, -0.1) is 5.10 Å². The van der Waals surface area contributed by atoms with Crippen molar-refractivity contribution >= 4 is 17.4 Å². The van der Waals surface area contributed by atoms with Gasteiger partial charge in [-0.2, -0.15) is 0 Å². The Kier molecular flexibility index (Phi) is 3.70. The highest BCUT2D eigenvalue weighted by Crippen LogP contribution is 2.45. The lowest BCUT2D eigenvalue weighted by atomic mass is 9.66. The van der Waals surface area contributed by atoms with Crippen LogP contribution in [0, 0.1) is 12.3 Å². The molecule has 1 saturated heterocycles. The van der Waals surface area contributed by atoms with Gasteiger partial charge < -0.3 is 10.2 Å². The van der Waals surface area contributed by atoms with Crippen LogP contribution in [-0.2, 0) is 4.79 Å². The van der Waals surface area contributed by atoms with Crippen molar-refractivity contribution in [3.05, 3.63) is 24.0 Å². The fourth-order valence-corrected chi connectivity index (χ4v) is 4.01. The van der Waals surface area contributed by atoms with Crippen LogP contribution in [0.5, 0.6) is 0 Å². The Labute approximate surface area is 142 Å². The summed E-state index contributed by atoms with van der Waals surface area (Å²) in [6, 6.07) is 4.21. The second-order valence-electron chi connectivity index (χ2n) is 7.27. The number of aromatic nitrogens is 3. The summed E-state index contributed by atoms with van der Waals surface area (Å²) >= 11 is 0. The molecule has 3 heterocycles. The molecule has 0 radical (unpaired) electrons. The summed E-state index contributed by atoms with van der Waals surface area (Å²) in [4.78, 5) is 19.3. The average Bonchev–Trinajstić information content (AvgIpc) is 3.12. The van der Waals surface area contributed by atoms with Crippen molar-refractivity contribution in [2.75, 3.05) is 18.4 Å². The van der Waals surface area contributed by atoms with E-state index >= 15 is 0 Å². The van der Waals surface area contributed by atoms with Crippen molar-refractivity contribution in [2.45, 2.75) is 52.0 Å². The van der Waals surface area contributed by atoms with Gasteiger partial charge in [0.1, 0.15) is 5.82 Å². The lowest BCUT2D eigenvalue weighted by Gasteiger charge is -2.42. The number of anilines is 1. The van der Waals surface area contributed by atoms with Gasteiger partial charge in [0, 0.05) is 24.5 Å². The van der Waals surface area contributed by atoms with Crippen LogP contribution in [0.4, 0.5) is 5.82 Å². The van der Waals surface area contributed by atoms with Crippen LogP contribution in [0.3, 0.4) is 0 Å². The Balaban J connectivity index is 1.42. The zero-order valence-corrected chi connectivity index (χ0v) is 14.5. The minimum atomic E-state index is -0.0552. The van der Waals surface area contributed by atoms with Gasteiger partial charge in [-0.05, 0) is 44.7 Å². The van der Waals surface area contributed by atoms with E-state index in [1.165, 1.54) is 6.42 Å². The predicted octanol–water partition coefficient (Wildman–Crippen LogP) is 2.63. The van der Waals surface area contributed by atoms with E-state index in [-0.39, 0.29) is 11.5 Å². The van der Waals surface area contributed by atoms with Crippen LogP contribution in [0.2, 0.25) is 0 Å². The number of carbonyl (C=O) groups excluding carboxylic acids is 1. The third-order valence-corrected chi connectivity index (χ3v) is 5.71. The normalized spacial score (nSPS) is 22.6. The maximum absolute atomic E-state index is 12.8. The average molecular weight is 327 g/mol. The molecule has 1 aliphatic heterocycles. The van der Waals surface area contributed by atoms with Gasteiger partial charge in [0.2, 0.25) is 5.91 Å². The lowest BCUT2D eigenvalue weighted by molar-refractivity contribution is -0.146. The Morgan fingerprint density at radius 2 is 2.25 bits per heavy atom. The van der Waals surface area contributed by atoms with Gasteiger partial charge in [-0.1, -0.05) is 13.3 Å². The number of aryl methyl sites for hydroxylation is 1. The molecule has 1 aliphatic carbocycles. The van der Waals surface area contributed by atoms with Crippen LogP contribution < -0.4 is 5.32 Å². The second kappa shape index (κ2) is 5.76. The molecule has 6 nitrogen and oxygen atoms in total. The number of hydrogen-bond donors (Lipinski definition) is 1. The summed E-state index contributed by atoms with van der Waals surface area (Å²) in [5, 5.41) is 8.04. The zero-order valence-electron chi connectivity index (χ0n) is 14.5. The molecular weight excluding hydrogens is 302 g/mol. The number of hydrogen-bond acceptors (Lipinski definition) is 4. The largest absolute Gasteiger partial charge is 0.364 e. The standard InChI is InChI=1S/C18H25N5O/c1-3-18(8-4-9-18)17(24)22-10-7-14(12-22)20-15-5-6-16-19-13(2)11-23(16)21-15/h5-6,11,14H,3-4,7-10,12H2,1-2H3,(H,20,21). The van der Waals surface area contributed by atoms with Crippen molar-refractivity contribution in [1.29, 1.82) is 0 Å². The highest BCUT2D eigenvalue weighted by Gasteiger charge is 2.45. The quantitative estimate of drug-likeness (QED) is 0.938.